The number of primary amides is 1. The van der Waals surface area contributed by atoms with Crippen LogP contribution in [0.2, 0.25) is 5.02 Å². The highest BCUT2D eigenvalue weighted by molar-refractivity contribution is 7.22. The molecule has 2 aromatic heterocycles. The lowest BCUT2D eigenvalue weighted by Gasteiger charge is -2.33. The molecular formula is C24H27ClN4O3S. The number of thiophene rings is 1. The maximum atomic E-state index is 12.3. The SMILES string of the molecule is CC(C)(C)OC(=O)N1CCC(Cc2nnc(C(N)=O)c3sc(-c4ccc(Cl)cc4)cc23)CC1. The molecule has 1 aliphatic rings. The van der Waals surface area contributed by atoms with Gasteiger partial charge in [0.25, 0.3) is 5.91 Å². The fraction of sp³-hybridized carbons (Fsp3) is 0.417. The van der Waals surface area contributed by atoms with Crippen LogP contribution in [0.5, 0.6) is 0 Å². The first-order chi connectivity index (χ1) is 15.6. The number of rotatable bonds is 4. The first kappa shape index (κ1) is 23.4. The van der Waals surface area contributed by atoms with E-state index in [-0.39, 0.29) is 11.8 Å². The quantitative estimate of drug-likeness (QED) is 0.539. The summed E-state index contributed by atoms with van der Waals surface area (Å²) in [5.41, 5.74) is 7.12. The van der Waals surface area contributed by atoms with Crippen molar-refractivity contribution in [2.24, 2.45) is 11.7 Å². The number of nitrogens with two attached hydrogens (primary N) is 1. The summed E-state index contributed by atoms with van der Waals surface area (Å²) in [5, 5.41) is 10.1. The molecule has 2 amide bonds. The van der Waals surface area contributed by atoms with E-state index in [9.17, 15) is 9.59 Å². The van der Waals surface area contributed by atoms with Gasteiger partial charge in [0.15, 0.2) is 5.69 Å². The van der Waals surface area contributed by atoms with Crippen LogP contribution in [0, 0.1) is 5.92 Å². The van der Waals surface area contributed by atoms with Crippen molar-refractivity contribution in [3.8, 4) is 10.4 Å². The van der Waals surface area contributed by atoms with Gasteiger partial charge in [-0.05, 0) is 69.7 Å². The van der Waals surface area contributed by atoms with Crippen LogP contribution < -0.4 is 5.73 Å². The van der Waals surface area contributed by atoms with Crippen LogP contribution in [0.25, 0.3) is 20.5 Å². The van der Waals surface area contributed by atoms with E-state index in [2.05, 4.69) is 16.3 Å². The largest absolute Gasteiger partial charge is 0.444 e. The Kier molecular flexibility index (Phi) is 6.59. The highest BCUT2D eigenvalue weighted by atomic mass is 35.5. The van der Waals surface area contributed by atoms with Crippen LogP contribution >= 0.6 is 22.9 Å². The molecule has 3 aromatic rings. The van der Waals surface area contributed by atoms with Crippen LogP contribution in [-0.4, -0.2) is 45.8 Å². The molecule has 7 nitrogen and oxygen atoms in total. The number of fused-ring (bicyclic) bond motifs is 1. The minimum atomic E-state index is -0.589. The van der Waals surface area contributed by atoms with Gasteiger partial charge in [-0.1, -0.05) is 23.7 Å². The lowest BCUT2D eigenvalue weighted by Crippen LogP contribution is -2.42. The van der Waals surface area contributed by atoms with Crippen molar-refractivity contribution in [2.75, 3.05) is 13.1 Å². The summed E-state index contributed by atoms with van der Waals surface area (Å²) in [6.07, 6.45) is 2.17. The van der Waals surface area contributed by atoms with Gasteiger partial charge in [0.1, 0.15) is 5.60 Å². The monoisotopic (exact) mass is 486 g/mol. The van der Waals surface area contributed by atoms with E-state index in [1.165, 1.54) is 11.3 Å². The normalized spacial score (nSPS) is 15.1. The minimum Gasteiger partial charge on any atom is -0.444 e. The number of likely N-dealkylation sites (tertiary alicyclic amines) is 1. The summed E-state index contributed by atoms with van der Waals surface area (Å²) in [4.78, 5) is 27.1. The molecule has 0 unspecified atom stereocenters. The van der Waals surface area contributed by atoms with Gasteiger partial charge < -0.3 is 15.4 Å². The van der Waals surface area contributed by atoms with Crippen LogP contribution in [-0.2, 0) is 11.2 Å². The van der Waals surface area contributed by atoms with Crippen molar-refractivity contribution >= 4 is 45.0 Å². The Morgan fingerprint density at radius 2 is 1.85 bits per heavy atom. The zero-order valence-corrected chi connectivity index (χ0v) is 20.5. The summed E-state index contributed by atoms with van der Waals surface area (Å²) < 4.78 is 6.24. The van der Waals surface area contributed by atoms with Gasteiger partial charge in [-0.2, -0.15) is 5.10 Å². The maximum absolute atomic E-state index is 12.3. The molecule has 33 heavy (non-hydrogen) atoms. The fourth-order valence-corrected chi connectivity index (χ4v) is 5.28. The number of hydrogen-bond acceptors (Lipinski definition) is 6. The van der Waals surface area contributed by atoms with Gasteiger partial charge in [0, 0.05) is 28.4 Å². The molecule has 0 bridgehead atoms. The summed E-state index contributed by atoms with van der Waals surface area (Å²) in [6, 6.07) is 9.63. The lowest BCUT2D eigenvalue weighted by molar-refractivity contribution is 0.0184. The third-order valence-electron chi connectivity index (χ3n) is 5.64. The summed E-state index contributed by atoms with van der Waals surface area (Å²) in [7, 11) is 0. The van der Waals surface area contributed by atoms with Gasteiger partial charge >= 0.3 is 6.09 Å². The van der Waals surface area contributed by atoms with E-state index in [4.69, 9.17) is 22.1 Å². The molecule has 1 fully saturated rings. The zero-order valence-electron chi connectivity index (χ0n) is 18.9. The number of carbonyl (C=O) groups is 2. The molecule has 4 rings (SSSR count). The van der Waals surface area contributed by atoms with Gasteiger partial charge in [0.05, 0.1) is 10.4 Å². The Morgan fingerprint density at radius 3 is 2.45 bits per heavy atom. The van der Waals surface area contributed by atoms with E-state index in [0.29, 0.717) is 24.0 Å². The van der Waals surface area contributed by atoms with E-state index in [1.807, 2.05) is 45.0 Å². The van der Waals surface area contributed by atoms with Gasteiger partial charge in [-0.3, -0.25) is 4.79 Å². The van der Waals surface area contributed by atoms with Crippen molar-refractivity contribution in [1.29, 1.82) is 0 Å². The molecular weight excluding hydrogens is 460 g/mol. The van der Waals surface area contributed by atoms with Crippen molar-refractivity contribution in [2.45, 2.75) is 45.6 Å². The predicted molar refractivity (Wildman–Crippen MR) is 131 cm³/mol. The molecule has 1 saturated heterocycles. The number of hydrogen-bond donors (Lipinski definition) is 1. The summed E-state index contributed by atoms with van der Waals surface area (Å²) in [5.74, 6) is -0.228. The van der Waals surface area contributed by atoms with Crippen LogP contribution in [0.4, 0.5) is 4.79 Å². The third-order valence-corrected chi connectivity index (χ3v) is 7.08. The molecule has 0 aliphatic carbocycles. The molecule has 0 atom stereocenters. The number of piperidine rings is 1. The number of aromatic nitrogens is 2. The number of amides is 2. The number of nitrogens with zero attached hydrogens (tertiary/aromatic N) is 3. The third kappa shape index (κ3) is 5.45. The second-order valence-corrected chi connectivity index (χ2v) is 10.8. The Hall–Kier alpha value is -2.71. The molecule has 0 spiro atoms. The van der Waals surface area contributed by atoms with Crippen molar-refractivity contribution < 1.29 is 14.3 Å². The molecule has 0 radical (unpaired) electrons. The van der Waals surface area contributed by atoms with Gasteiger partial charge in [-0.25, -0.2) is 4.79 Å². The van der Waals surface area contributed by atoms with E-state index in [1.54, 1.807) is 4.90 Å². The Balaban J connectivity index is 1.55. The molecule has 0 saturated carbocycles. The van der Waals surface area contributed by atoms with Crippen LogP contribution in [0.3, 0.4) is 0 Å². The first-order valence-electron chi connectivity index (χ1n) is 10.9. The van der Waals surface area contributed by atoms with E-state index >= 15 is 0 Å². The molecule has 2 N–H and O–H groups in total. The van der Waals surface area contributed by atoms with Crippen LogP contribution in [0.15, 0.2) is 30.3 Å². The number of halogens is 1. The average Bonchev–Trinajstić information content (AvgIpc) is 3.19. The first-order valence-corrected chi connectivity index (χ1v) is 12.1. The van der Waals surface area contributed by atoms with Crippen LogP contribution in [0.1, 0.15) is 49.8 Å². The minimum absolute atomic E-state index is 0.193. The van der Waals surface area contributed by atoms with E-state index in [0.717, 1.165) is 45.5 Å². The second-order valence-electron chi connectivity index (χ2n) is 9.33. The highest BCUT2D eigenvalue weighted by Gasteiger charge is 2.28. The number of carbonyl (C=O) groups excluding carboxylic acids is 2. The van der Waals surface area contributed by atoms with Crippen molar-refractivity contribution in [1.82, 2.24) is 15.1 Å². The Morgan fingerprint density at radius 1 is 1.18 bits per heavy atom. The maximum Gasteiger partial charge on any atom is 0.410 e. The van der Waals surface area contributed by atoms with Gasteiger partial charge in [0.2, 0.25) is 0 Å². The van der Waals surface area contributed by atoms with E-state index < -0.39 is 11.5 Å². The lowest BCUT2D eigenvalue weighted by atomic mass is 9.91. The molecule has 1 aromatic carbocycles. The number of benzene rings is 1. The molecule has 9 heteroatoms. The topological polar surface area (TPSA) is 98.4 Å². The highest BCUT2D eigenvalue weighted by Crippen LogP contribution is 2.37. The molecule has 3 heterocycles. The summed E-state index contributed by atoms with van der Waals surface area (Å²) in [6.45, 7) is 6.91. The van der Waals surface area contributed by atoms with Crippen molar-refractivity contribution in [3.05, 3.63) is 46.7 Å². The smallest absolute Gasteiger partial charge is 0.410 e. The molecule has 174 valence electrons. The Bertz CT molecular complexity index is 1180. The molecule has 1 aliphatic heterocycles. The average molecular weight is 487 g/mol. The number of ether oxygens (including phenoxy) is 1. The van der Waals surface area contributed by atoms with Gasteiger partial charge in [-0.15, -0.1) is 16.4 Å². The zero-order chi connectivity index (χ0) is 23.8. The summed E-state index contributed by atoms with van der Waals surface area (Å²) >= 11 is 7.51. The Labute approximate surface area is 201 Å². The standard InChI is InChI=1S/C24H27ClN4O3S/c1-24(2,3)32-23(31)29-10-8-14(9-11-29)12-18-17-13-19(15-4-6-16(25)7-5-15)33-21(17)20(22(26)30)28-27-18/h4-7,13-14H,8-12H2,1-3H3,(H2,26,30). The predicted octanol–water partition coefficient (Wildman–Crippen LogP) is 5.30. The van der Waals surface area contributed by atoms with Crippen molar-refractivity contribution in [3.63, 3.8) is 0 Å². The second kappa shape index (κ2) is 9.27. The fourth-order valence-electron chi connectivity index (χ4n) is 3.98.